The van der Waals surface area contributed by atoms with E-state index in [1.165, 1.54) is 0 Å². The van der Waals surface area contributed by atoms with Gasteiger partial charge in [0.15, 0.2) is 5.82 Å². The van der Waals surface area contributed by atoms with E-state index < -0.39 is 0 Å². The molecule has 0 spiro atoms. The van der Waals surface area contributed by atoms with E-state index in [0.717, 1.165) is 5.56 Å². The van der Waals surface area contributed by atoms with Gasteiger partial charge >= 0.3 is 0 Å². The Hall–Kier alpha value is -2.14. The van der Waals surface area contributed by atoms with Crippen molar-refractivity contribution in [2.45, 2.75) is 12.8 Å². The van der Waals surface area contributed by atoms with Gasteiger partial charge in [-0.2, -0.15) is 0 Å². The lowest BCUT2D eigenvalue weighted by Gasteiger charge is -2.07. The normalized spacial score (nSPS) is 10.2. The van der Waals surface area contributed by atoms with E-state index in [2.05, 4.69) is 15.3 Å². The third kappa shape index (κ3) is 4.20. The molecule has 5 nitrogen and oxygen atoms in total. The zero-order valence-corrected chi connectivity index (χ0v) is 11.6. The molecule has 1 aromatic carbocycles. The molecule has 2 rings (SSSR count). The summed E-state index contributed by atoms with van der Waals surface area (Å²) in [6.07, 6.45) is 0.995. The molecule has 2 aromatic rings. The largest absolute Gasteiger partial charge is 0.370 e. The molecule has 0 unspecified atom stereocenters. The van der Waals surface area contributed by atoms with Crippen LogP contribution in [-0.2, 0) is 4.79 Å². The molecule has 0 saturated heterocycles. The van der Waals surface area contributed by atoms with Gasteiger partial charge in [0.2, 0.25) is 5.91 Å². The molecule has 3 N–H and O–H groups in total. The minimum Gasteiger partial charge on any atom is -0.370 e. The van der Waals surface area contributed by atoms with Gasteiger partial charge in [-0.15, -0.1) is 0 Å². The van der Waals surface area contributed by atoms with Crippen LogP contribution in [0.4, 0.5) is 5.82 Å². The zero-order chi connectivity index (χ0) is 14.4. The monoisotopic (exact) mass is 290 g/mol. The Morgan fingerprint density at radius 3 is 2.70 bits per heavy atom. The lowest BCUT2D eigenvalue weighted by atomic mass is 10.2. The molecular weight excluding hydrogens is 276 g/mol. The summed E-state index contributed by atoms with van der Waals surface area (Å²) in [5.41, 5.74) is 5.98. The maximum absolute atomic E-state index is 10.7. The highest BCUT2D eigenvalue weighted by molar-refractivity contribution is 6.29. The Kier molecular flexibility index (Phi) is 4.90. The quantitative estimate of drug-likeness (QED) is 0.632. The molecule has 1 aromatic heterocycles. The molecule has 0 radical (unpaired) electrons. The van der Waals surface area contributed by atoms with Gasteiger partial charge < -0.3 is 11.1 Å². The van der Waals surface area contributed by atoms with E-state index in [9.17, 15) is 4.79 Å². The topological polar surface area (TPSA) is 80.9 Å². The van der Waals surface area contributed by atoms with E-state index in [0.29, 0.717) is 36.2 Å². The van der Waals surface area contributed by atoms with Crippen molar-refractivity contribution in [3.63, 3.8) is 0 Å². The number of primary amides is 1. The fourth-order valence-electron chi connectivity index (χ4n) is 1.70. The second kappa shape index (κ2) is 6.86. The SMILES string of the molecule is NC(=O)CCCNc1cc(Cl)nc(-c2ccccc2)n1. The number of hydrogen-bond acceptors (Lipinski definition) is 4. The number of carbonyl (C=O) groups is 1. The summed E-state index contributed by atoms with van der Waals surface area (Å²) < 4.78 is 0. The molecule has 0 aliphatic heterocycles. The number of benzene rings is 1. The molecule has 0 aliphatic carbocycles. The minimum atomic E-state index is -0.308. The van der Waals surface area contributed by atoms with Crippen LogP contribution in [0.5, 0.6) is 0 Å². The summed E-state index contributed by atoms with van der Waals surface area (Å²) in [7, 11) is 0. The molecule has 0 aliphatic rings. The number of carbonyl (C=O) groups excluding carboxylic acids is 1. The highest BCUT2D eigenvalue weighted by Gasteiger charge is 2.05. The Balaban J connectivity index is 2.07. The van der Waals surface area contributed by atoms with Crippen molar-refractivity contribution in [2.24, 2.45) is 5.73 Å². The summed E-state index contributed by atoms with van der Waals surface area (Å²) >= 11 is 6.00. The number of amides is 1. The van der Waals surface area contributed by atoms with Gasteiger partial charge in [0, 0.05) is 24.6 Å². The lowest BCUT2D eigenvalue weighted by molar-refractivity contribution is -0.118. The van der Waals surface area contributed by atoms with Gasteiger partial charge in [0.05, 0.1) is 0 Å². The van der Waals surface area contributed by atoms with E-state index in [-0.39, 0.29) is 5.91 Å². The zero-order valence-electron chi connectivity index (χ0n) is 10.8. The second-order valence-corrected chi connectivity index (χ2v) is 4.65. The van der Waals surface area contributed by atoms with Crippen LogP contribution in [0.15, 0.2) is 36.4 Å². The van der Waals surface area contributed by atoms with Gasteiger partial charge in [0.1, 0.15) is 11.0 Å². The average molecular weight is 291 g/mol. The number of halogens is 1. The van der Waals surface area contributed by atoms with Gasteiger partial charge in [-0.3, -0.25) is 4.79 Å². The predicted molar refractivity (Wildman–Crippen MR) is 79.4 cm³/mol. The molecule has 20 heavy (non-hydrogen) atoms. The summed E-state index contributed by atoms with van der Waals surface area (Å²) in [4.78, 5) is 19.2. The van der Waals surface area contributed by atoms with Crippen LogP contribution in [0.2, 0.25) is 5.15 Å². The van der Waals surface area contributed by atoms with Crippen molar-refractivity contribution < 1.29 is 4.79 Å². The van der Waals surface area contributed by atoms with E-state index >= 15 is 0 Å². The molecule has 0 fully saturated rings. The lowest BCUT2D eigenvalue weighted by Crippen LogP contribution is -2.13. The molecule has 6 heteroatoms. The first-order valence-corrected chi connectivity index (χ1v) is 6.65. The fourth-order valence-corrected chi connectivity index (χ4v) is 1.89. The van der Waals surface area contributed by atoms with Crippen molar-refractivity contribution in [3.05, 3.63) is 41.6 Å². The first-order chi connectivity index (χ1) is 9.65. The average Bonchev–Trinajstić information content (AvgIpc) is 2.44. The molecule has 0 atom stereocenters. The number of nitrogens with zero attached hydrogens (tertiary/aromatic N) is 2. The second-order valence-electron chi connectivity index (χ2n) is 4.26. The Morgan fingerprint density at radius 2 is 2.00 bits per heavy atom. The Labute approximate surface area is 122 Å². The van der Waals surface area contributed by atoms with Gasteiger partial charge in [-0.1, -0.05) is 41.9 Å². The van der Waals surface area contributed by atoms with Crippen LogP contribution in [0.25, 0.3) is 11.4 Å². The maximum Gasteiger partial charge on any atom is 0.217 e. The molecule has 0 saturated carbocycles. The molecule has 1 amide bonds. The molecule has 0 bridgehead atoms. The summed E-state index contributed by atoms with van der Waals surface area (Å²) in [6, 6.07) is 11.2. The van der Waals surface area contributed by atoms with Crippen LogP contribution in [0.3, 0.4) is 0 Å². The number of anilines is 1. The summed E-state index contributed by atoms with van der Waals surface area (Å²) in [5.74, 6) is 0.890. The van der Waals surface area contributed by atoms with Crippen molar-refractivity contribution in [2.75, 3.05) is 11.9 Å². The van der Waals surface area contributed by atoms with Gasteiger partial charge in [-0.05, 0) is 6.42 Å². The van der Waals surface area contributed by atoms with E-state index in [1.54, 1.807) is 6.07 Å². The van der Waals surface area contributed by atoms with Gasteiger partial charge in [0.25, 0.3) is 0 Å². The Bertz CT molecular complexity index is 589. The van der Waals surface area contributed by atoms with Crippen molar-refractivity contribution in [1.82, 2.24) is 9.97 Å². The molecular formula is C14H15ClN4O. The maximum atomic E-state index is 10.7. The number of nitrogens with one attached hydrogen (secondary N) is 1. The van der Waals surface area contributed by atoms with Crippen molar-refractivity contribution in [3.8, 4) is 11.4 Å². The first-order valence-electron chi connectivity index (χ1n) is 6.27. The smallest absolute Gasteiger partial charge is 0.217 e. The van der Waals surface area contributed by atoms with Crippen LogP contribution in [0.1, 0.15) is 12.8 Å². The number of rotatable bonds is 6. The standard InChI is InChI=1S/C14H15ClN4O/c15-11-9-13(17-8-4-7-12(16)20)19-14(18-11)10-5-2-1-3-6-10/h1-3,5-6,9H,4,7-8H2,(H2,16,20)(H,17,18,19). The first kappa shape index (κ1) is 14.3. The molecule has 1 heterocycles. The highest BCUT2D eigenvalue weighted by atomic mass is 35.5. The van der Waals surface area contributed by atoms with E-state index in [1.807, 2.05) is 30.3 Å². The van der Waals surface area contributed by atoms with Crippen LogP contribution in [-0.4, -0.2) is 22.4 Å². The summed E-state index contributed by atoms with van der Waals surface area (Å²) in [5, 5.41) is 3.48. The van der Waals surface area contributed by atoms with Crippen LogP contribution < -0.4 is 11.1 Å². The van der Waals surface area contributed by atoms with Crippen LogP contribution in [0, 0.1) is 0 Å². The molecule has 104 valence electrons. The number of nitrogens with two attached hydrogens (primary N) is 1. The number of aromatic nitrogens is 2. The van der Waals surface area contributed by atoms with Gasteiger partial charge in [-0.25, -0.2) is 9.97 Å². The predicted octanol–water partition coefficient (Wildman–Crippen LogP) is 2.47. The van der Waals surface area contributed by atoms with Crippen molar-refractivity contribution >= 4 is 23.3 Å². The van der Waals surface area contributed by atoms with Crippen molar-refractivity contribution in [1.29, 1.82) is 0 Å². The summed E-state index contributed by atoms with van der Waals surface area (Å²) in [6.45, 7) is 0.602. The highest BCUT2D eigenvalue weighted by Crippen LogP contribution is 2.19. The third-order valence-electron chi connectivity index (χ3n) is 2.63. The van der Waals surface area contributed by atoms with E-state index in [4.69, 9.17) is 17.3 Å². The fraction of sp³-hybridized carbons (Fsp3) is 0.214. The minimum absolute atomic E-state index is 0.308. The van der Waals surface area contributed by atoms with Crippen LogP contribution >= 0.6 is 11.6 Å². The Morgan fingerprint density at radius 1 is 1.25 bits per heavy atom. The third-order valence-corrected chi connectivity index (χ3v) is 2.83. The number of hydrogen-bond donors (Lipinski definition) is 2.